The molecule has 0 aliphatic carbocycles. The number of unbranched alkanes of at least 4 members (excludes halogenated alkanes) is 1. The van der Waals surface area contributed by atoms with Crippen molar-refractivity contribution in [1.29, 1.82) is 0 Å². The summed E-state index contributed by atoms with van der Waals surface area (Å²) in [6.07, 6.45) is 3.79. The molecule has 1 N–H and O–H groups in total. The van der Waals surface area contributed by atoms with E-state index in [0.717, 1.165) is 13.0 Å². The quantitative estimate of drug-likeness (QED) is 0.744. The van der Waals surface area contributed by atoms with E-state index in [9.17, 15) is 0 Å². The molecule has 0 saturated heterocycles. The predicted octanol–water partition coefficient (Wildman–Crippen LogP) is 3.54. The minimum absolute atomic E-state index is 0.165. The fourth-order valence-corrected chi connectivity index (χ4v) is 2.14. The maximum Gasteiger partial charge on any atom is 0.0977 e. The van der Waals surface area contributed by atoms with Crippen LogP contribution < -0.4 is 5.32 Å². The molecule has 2 unspecified atom stereocenters. The highest BCUT2D eigenvalue weighted by molar-refractivity contribution is 5.19. The Morgan fingerprint density at radius 3 is 2.41 bits per heavy atom. The van der Waals surface area contributed by atoms with Crippen molar-refractivity contribution < 1.29 is 4.74 Å². The van der Waals surface area contributed by atoms with E-state index in [1.165, 1.54) is 18.4 Å². The third kappa shape index (κ3) is 4.49. The van der Waals surface area contributed by atoms with Gasteiger partial charge in [0.1, 0.15) is 0 Å². The van der Waals surface area contributed by atoms with Crippen molar-refractivity contribution in [2.75, 3.05) is 13.7 Å². The van der Waals surface area contributed by atoms with Crippen molar-refractivity contribution >= 4 is 0 Å². The third-order valence-corrected chi connectivity index (χ3v) is 3.08. The fourth-order valence-electron chi connectivity index (χ4n) is 2.14. The molecule has 0 spiro atoms. The predicted molar refractivity (Wildman–Crippen MR) is 73.2 cm³/mol. The van der Waals surface area contributed by atoms with E-state index in [1.54, 1.807) is 0 Å². The summed E-state index contributed by atoms with van der Waals surface area (Å²) in [6.45, 7) is 5.04. The molecule has 0 aliphatic heterocycles. The molecular formula is C15H25NO. The van der Waals surface area contributed by atoms with E-state index < -0.39 is 0 Å². The molecule has 1 aromatic rings. The largest absolute Gasteiger partial charge is 0.372 e. The van der Waals surface area contributed by atoms with Gasteiger partial charge in [0.15, 0.2) is 0 Å². The number of rotatable bonds is 8. The number of hydrogen-bond donors (Lipinski definition) is 1. The number of nitrogens with one attached hydrogen (secondary N) is 1. The molecule has 0 aliphatic rings. The maximum atomic E-state index is 5.92. The second kappa shape index (κ2) is 8.26. The molecule has 0 bridgehead atoms. The smallest absolute Gasteiger partial charge is 0.0977 e. The minimum Gasteiger partial charge on any atom is -0.372 e. The first-order valence-electron chi connectivity index (χ1n) is 6.67. The van der Waals surface area contributed by atoms with Gasteiger partial charge in [0.2, 0.25) is 0 Å². The van der Waals surface area contributed by atoms with E-state index in [1.807, 2.05) is 13.1 Å². The molecule has 17 heavy (non-hydrogen) atoms. The summed E-state index contributed by atoms with van der Waals surface area (Å²) in [6, 6.07) is 10.9. The average Bonchev–Trinajstić information content (AvgIpc) is 2.39. The van der Waals surface area contributed by atoms with Gasteiger partial charge in [-0.05, 0) is 26.0 Å². The molecule has 0 fully saturated rings. The first kappa shape index (κ1) is 14.2. The van der Waals surface area contributed by atoms with Gasteiger partial charge in [-0.2, -0.15) is 0 Å². The number of benzene rings is 1. The standard InChI is InChI=1S/C15H25NO/c1-4-6-12-14(16-3)15(17-5-2)13-10-8-7-9-11-13/h7-11,14-16H,4-6,12H2,1-3H3. The van der Waals surface area contributed by atoms with Crippen LogP contribution in [0.4, 0.5) is 0 Å². The van der Waals surface area contributed by atoms with Crippen molar-refractivity contribution in [2.24, 2.45) is 0 Å². The second-order valence-corrected chi connectivity index (χ2v) is 4.32. The molecule has 96 valence electrons. The van der Waals surface area contributed by atoms with Crippen molar-refractivity contribution in [1.82, 2.24) is 5.32 Å². The average molecular weight is 235 g/mol. The third-order valence-electron chi connectivity index (χ3n) is 3.08. The zero-order valence-corrected chi connectivity index (χ0v) is 11.3. The molecule has 2 nitrogen and oxygen atoms in total. The summed E-state index contributed by atoms with van der Waals surface area (Å²) in [7, 11) is 2.02. The highest BCUT2D eigenvalue weighted by Gasteiger charge is 2.21. The van der Waals surface area contributed by atoms with E-state index in [-0.39, 0.29) is 6.10 Å². The van der Waals surface area contributed by atoms with Gasteiger partial charge < -0.3 is 10.1 Å². The Labute approximate surface area is 105 Å². The Bertz CT molecular complexity index is 286. The lowest BCUT2D eigenvalue weighted by Crippen LogP contribution is -2.33. The Balaban J connectivity index is 2.75. The van der Waals surface area contributed by atoms with Gasteiger partial charge in [-0.25, -0.2) is 0 Å². The molecule has 0 heterocycles. The van der Waals surface area contributed by atoms with Crippen molar-refractivity contribution in [2.45, 2.75) is 45.3 Å². The fraction of sp³-hybridized carbons (Fsp3) is 0.600. The molecule has 1 aromatic carbocycles. The zero-order chi connectivity index (χ0) is 12.5. The molecule has 2 atom stereocenters. The summed E-state index contributed by atoms with van der Waals surface area (Å²) in [4.78, 5) is 0. The summed E-state index contributed by atoms with van der Waals surface area (Å²) in [5.74, 6) is 0. The van der Waals surface area contributed by atoms with Gasteiger partial charge in [-0.1, -0.05) is 50.1 Å². The first-order chi connectivity index (χ1) is 8.33. The lowest BCUT2D eigenvalue weighted by atomic mass is 9.97. The number of ether oxygens (including phenoxy) is 1. The SMILES string of the molecule is CCCCC(NC)C(OCC)c1ccccc1. The molecule has 0 aromatic heterocycles. The van der Waals surface area contributed by atoms with Crippen molar-refractivity contribution in [3.05, 3.63) is 35.9 Å². The number of likely N-dealkylation sites (N-methyl/N-ethyl adjacent to an activating group) is 1. The number of hydrogen-bond acceptors (Lipinski definition) is 2. The van der Waals surface area contributed by atoms with Crippen LogP contribution in [-0.4, -0.2) is 19.7 Å². The highest BCUT2D eigenvalue weighted by Crippen LogP contribution is 2.24. The summed E-state index contributed by atoms with van der Waals surface area (Å²) >= 11 is 0. The lowest BCUT2D eigenvalue weighted by molar-refractivity contribution is 0.0323. The van der Waals surface area contributed by atoms with Crippen LogP contribution in [0, 0.1) is 0 Å². The van der Waals surface area contributed by atoms with Crippen LogP contribution in [0.25, 0.3) is 0 Å². The zero-order valence-electron chi connectivity index (χ0n) is 11.3. The molecule has 2 heteroatoms. The maximum absolute atomic E-state index is 5.92. The van der Waals surface area contributed by atoms with Gasteiger partial charge in [0, 0.05) is 12.6 Å². The Morgan fingerprint density at radius 1 is 1.18 bits per heavy atom. The van der Waals surface area contributed by atoms with Crippen LogP contribution in [0.1, 0.15) is 44.8 Å². The Morgan fingerprint density at radius 2 is 1.88 bits per heavy atom. The lowest BCUT2D eigenvalue weighted by Gasteiger charge is -2.27. The van der Waals surface area contributed by atoms with Gasteiger partial charge in [-0.15, -0.1) is 0 Å². The minimum atomic E-state index is 0.165. The molecular weight excluding hydrogens is 210 g/mol. The van der Waals surface area contributed by atoms with E-state index >= 15 is 0 Å². The van der Waals surface area contributed by atoms with Crippen LogP contribution in [0.3, 0.4) is 0 Å². The van der Waals surface area contributed by atoms with Gasteiger partial charge in [0.25, 0.3) is 0 Å². The van der Waals surface area contributed by atoms with Crippen molar-refractivity contribution in [3.8, 4) is 0 Å². The normalized spacial score (nSPS) is 14.5. The monoisotopic (exact) mass is 235 g/mol. The van der Waals surface area contributed by atoms with Crippen LogP contribution in [0.5, 0.6) is 0 Å². The van der Waals surface area contributed by atoms with Gasteiger partial charge in [-0.3, -0.25) is 0 Å². The van der Waals surface area contributed by atoms with Gasteiger partial charge in [0.05, 0.1) is 6.10 Å². The van der Waals surface area contributed by atoms with E-state index in [0.29, 0.717) is 6.04 Å². The van der Waals surface area contributed by atoms with Crippen LogP contribution >= 0.6 is 0 Å². The molecule has 1 rings (SSSR count). The summed E-state index contributed by atoms with van der Waals surface area (Å²) in [5, 5.41) is 3.40. The Kier molecular flexibility index (Phi) is 6.90. The van der Waals surface area contributed by atoms with Crippen LogP contribution in [0.2, 0.25) is 0 Å². The Hall–Kier alpha value is -0.860. The van der Waals surface area contributed by atoms with Gasteiger partial charge >= 0.3 is 0 Å². The molecule has 0 saturated carbocycles. The summed E-state index contributed by atoms with van der Waals surface area (Å²) in [5.41, 5.74) is 1.27. The second-order valence-electron chi connectivity index (χ2n) is 4.32. The van der Waals surface area contributed by atoms with E-state index in [2.05, 4.69) is 43.4 Å². The van der Waals surface area contributed by atoms with Crippen molar-refractivity contribution in [3.63, 3.8) is 0 Å². The highest BCUT2D eigenvalue weighted by atomic mass is 16.5. The van der Waals surface area contributed by atoms with Crippen LogP contribution in [0.15, 0.2) is 30.3 Å². The molecule has 0 radical (unpaired) electrons. The first-order valence-corrected chi connectivity index (χ1v) is 6.67. The molecule has 0 amide bonds. The topological polar surface area (TPSA) is 21.3 Å². The summed E-state index contributed by atoms with van der Waals surface area (Å²) < 4.78 is 5.92. The van der Waals surface area contributed by atoms with Crippen LogP contribution in [-0.2, 0) is 4.74 Å². The van der Waals surface area contributed by atoms with E-state index in [4.69, 9.17) is 4.74 Å².